The molecule has 0 N–H and O–H groups in total. The van der Waals surface area contributed by atoms with Crippen LogP contribution in [0.3, 0.4) is 0 Å². The standard InChI is InChI=1S/C19H26FN3O/c1-13(15-9-7-8-10-16(15)20)23(5)17-11-14(12-24-6)21-18(22-17)19(2,3)4/h7-11,13H,12H2,1-6H3. The van der Waals surface area contributed by atoms with Crippen LogP contribution in [0.2, 0.25) is 0 Å². The third-order valence-corrected chi connectivity index (χ3v) is 4.03. The topological polar surface area (TPSA) is 38.2 Å². The number of benzene rings is 1. The number of nitrogens with zero attached hydrogens (tertiary/aromatic N) is 3. The molecule has 24 heavy (non-hydrogen) atoms. The van der Waals surface area contributed by atoms with Gasteiger partial charge in [0, 0.05) is 31.2 Å². The minimum Gasteiger partial charge on any atom is -0.378 e. The van der Waals surface area contributed by atoms with Gasteiger partial charge in [0.1, 0.15) is 17.5 Å². The first kappa shape index (κ1) is 18.3. The summed E-state index contributed by atoms with van der Waals surface area (Å²) in [7, 11) is 3.56. The molecule has 0 aliphatic carbocycles. The van der Waals surface area contributed by atoms with Gasteiger partial charge in [-0.2, -0.15) is 0 Å². The summed E-state index contributed by atoms with van der Waals surface area (Å²) < 4.78 is 19.3. The van der Waals surface area contributed by atoms with Crippen LogP contribution in [0.15, 0.2) is 30.3 Å². The summed E-state index contributed by atoms with van der Waals surface area (Å²) in [5.74, 6) is 1.30. The monoisotopic (exact) mass is 331 g/mol. The molecule has 5 heteroatoms. The molecule has 2 rings (SSSR count). The summed E-state index contributed by atoms with van der Waals surface area (Å²) in [5.41, 5.74) is 1.28. The maximum atomic E-state index is 14.1. The van der Waals surface area contributed by atoms with E-state index in [9.17, 15) is 4.39 Å². The van der Waals surface area contributed by atoms with Crippen molar-refractivity contribution in [2.24, 2.45) is 0 Å². The van der Waals surface area contributed by atoms with Crippen molar-refractivity contribution in [3.05, 3.63) is 53.2 Å². The van der Waals surface area contributed by atoms with E-state index in [1.807, 2.05) is 31.0 Å². The van der Waals surface area contributed by atoms with Crippen molar-refractivity contribution in [2.45, 2.75) is 45.8 Å². The molecule has 0 saturated heterocycles. The lowest BCUT2D eigenvalue weighted by atomic mass is 9.95. The van der Waals surface area contributed by atoms with Gasteiger partial charge in [-0.05, 0) is 13.0 Å². The summed E-state index contributed by atoms with van der Waals surface area (Å²) in [5, 5.41) is 0. The second kappa shape index (κ2) is 7.26. The van der Waals surface area contributed by atoms with Crippen molar-refractivity contribution in [1.29, 1.82) is 0 Å². The largest absolute Gasteiger partial charge is 0.378 e. The van der Waals surface area contributed by atoms with Crippen molar-refractivity contribution >= 4 is 5.82 Å². The number of halogens is 1. The van der Waals surface area contributed by atoms with E-state index in [1.165, 1.54) is 6.07 Å². The fourth-order valence-corrected chi connectivity index (χ4v) is 2.44. The molecule has 1 aromatic heterocycles. The molecule has 0 spiro atoms. The second-order valence-electron chi connectivity index (χ2n) is 7.03. The van der Waals surface area contributed by atoms with Gasteiger partial charge in [0.25, 0.3) is 0 Å². The lowest BCUT2D eigenvalue weighted by Crippen LogP contribution is -2.26. The Kier molecular flexibility index (Phi) is 5.54. The number of methoxy groups -OCH3 is 1. The van der Waals surface area contributed by atoms with Gasteiger partial charge in [0.2, 0.25) is 0 Å². The van der Waals surface area contributed by atoms with Crippen LogP contribution in [-0.2, 0) is 16.8 Å². The summed E-state index contributed by atoms with van der Waals surface area (Å²) in [6.07, 6.45) is 0. The van der Waals surface area contributed by atoms with Gasteiger partial charge in [-0.3, -0.25) is 0 Å². The molecule has 0 fully saturated rings. The molecule has 4 nitrogen and oxygen atoms in total. The average molecular weight is 331 g/mol. The summed E-state index contributed by atoms with van der Waals surface area (Å²) in [6, 6.07) is 8.58. The Morgan fingerprint density at radius 3 is 2.46 bits per heavy atom. The second-order valence-corrected chi connectivity index (χ2v) is 7.03. The predicted molar refractivity (Wildman–Crippen MR) is 94.7 cm³/mol. The Balaban J connectivity index is 2.42. The third kappa shape index (κ3) is 4.09. The SMILES string of the molecule is COCc1cc(N(C)C(C)c2ccccc2F)nc(C(C)(C)C)n1. The highest BCUT2D eigenvalue weighted by Gasteiger charge is 2.22. The zero-order valence-electron chi connectivity index (χ0n) is 15.3. The molecule has 1 aromatic carbocycles. The van der Waals surface area contributed by atoms with Crippen molar-refractivity contribution in [2.75, 3.05) is 19.1 Å². The average Bonchev–Trinajstić information content (AvgIpc) is 2.53. The van der Waals surface area contributed by atoms with E-state index in [2.05, 4.69) is 25.8 Å². The summed E-state index contributed by atoms with van der Waals surface area (Å²) in [4.78, 5) is 11.3. The lowest BCUT2D eigenvalue weighted by Gasteiger charge is -2.28. The predicted octanol–water partition coefficient (Wildman–Crippen LogP) is 4.26. The summed E-state index contributed by atoms with van der Waals surface area (Å²) >= 11 is 0. The number of aromatic nitrogens is 2. The van der Waals surface area contributed by atoms with E-state index in [-0.39, 0.29) is 17.3 Å². The first-order valence-electron chi connectivity index (χ1n) is 8.08. The smallest absolute Gasteiger partial charge is 0.136 e. The van der Waals surface area contributed by atoms with Crippen LogP contribution in [0.5, 0.6) is 0 Å². The van der Waals surface area contributed by atoms with Crippen LogP contribution >= 0.6 is 0 Å². The van der Waals surface area contributed by atoms with Gasteiger partial charge in [-0.1, -0.05) is 39.0 Å². The molecule has 0 aliphatic heterocycles. The highest BCUT2D eigenvalue weighted by atomic mass is 19.1. The molecule has 0 bridgehead atoms. The fraction of sp³-hybridized carbons (Fsp3) is 0.474. The number of anilines is 1. The van der Waals surface area contributed by atoms with E-state index < -0.39 is 0 Å². The maximum Gasteiger partial charge on any atom is 0.136 e. The van der Waals surface area contributed by atoms with E-state index in [1.54, 1.807) is 19.2 Å². The Morgan fingerprint density at radius 1 is 1.21 bits per heavy atom. The van der Waals surface area contributed by atoms with E-state index in [0.29, 0.717) is 12.2 Å². The molecule has 0 saturated carbocycles. The molecule has 0 aliphatic rings. The van der Waals surface area contributed by atoms with Crippen molar-refractivity contribution in [3.63, 3.8) is 0 Å². The van der Waals surface area contributed by atoms with Crippen LogP contribution in [-0.4, -0.2) is 24.1 Å². The first-order valence-corrected chi connectivity index (χ1v) is 8.08. The lowest BCUT2D eigenvalue weighted by molar-refractivity contribution is 0.181. The van der Waals surface area contributed by atoms with Gasteiger partial charge in [0.15, 0.2) is 0 Å². The molecule has 1 heterocycles. The van der Waals surface area contributed by atoms with Crippen molar-refractivity contribution < 1.29 is 9.13 Å². The minimum absolute atomic E-state index is 0.149. The van der Waals surface area contributed by atoms with Crippen LogP contribution in [0.4, 0.5) is 10.2 Å². The number of rotatable bonds is 5. The highest BCUT2D eigenvalue weighted by Crippen LogP contribution is 2.28. The van der Waals surface area contributed by atoms with E-state index in [0.717, 1.165) is 17.3 Å². The molecular weight excluding hydrogens is 305 g/mol. The maximum absolute atomic E-state index is 14.1. The normalized spacial score (nSPS) is 13.0. The number of ether oxygens (including phenoxy) is 1. The van der Waals surface area contributed by atoms with Crippen molar-refractivity contribution in [1.82, 2.24) is 9.97 Å². The Bertz CT molecular complexity index is 697. The number of hydrogen-bond acceptors (Lipinski definition) is 4. The zero-order chi connectivity index (χ0) is 17.9. The number of hydrogen-bond donors (Lipinski definition) is 0. The van der Waals surface area contributed by atoms with E-state index >= 15 is 0 Å². The molecule has 1 unspecified atom stereocenters. The zero-order valence-corrected chi connectivity index (χ0v) is 15.3. The molecule has 0 radical (unpaired) electrons. The Labute approximate surface area is 143 Å². The quantitative estimate of drug-likeness (QED) is 0.820. The highest BCUT2D eigenvalue weighted by molar-refractivity contribution is 5.43. The van der Waals surface area contributed by atoms with Crippen LogP contribution in [0.1, 0.15) is 50.8 Å². The Hall–Kier alpha value is -2.01. The molecule has 2 aromatic rings. The summed E-state index contributed by atoms with van der Waals surface area (Å²) in [6.45, 7) is 8.60. The third-order valence-electron chi connectivity index (χ3n) is 4.03. The van der Waals surface area contributed by atoms with Crippen molar-refractivity contribution in [3.8, 4) is 0 Å². The molecule has 0 amide bonds. The van der Waals surface area contributed by atoms with Gasteiger partial charge >= 0.3 is 0 Å². The van der Waals surface area contributed by atoms with Gasteiger partial charge in [0.05, 0.1) is 18.3 Å². The first-order chi connectivity index (χ1) is 11.2. The van der Waals surface area contributed by atoms with Gasteiger partial charge in [-0.15, -0.1) is 0 Å². The minimum atomic E-state index is -0.209. The van der Waals surface area contributed by atoms with Crippen LogP contribution in [0.25, 0.3) is 0 Å². The van der Waals surface area contributed by atoms with Crippen LogP contribution in [0, 0.1) is 5.82 Å². The van der Waals surface area contributed by atoms with Gasteiger partial charge in [-0.25, -0.2) is 14.4 Å². The molecule has 1 atom stereocenters. The fourth-order valence-electron chi connectivity index (χ4n) is 2.44. The van der Waals surface area contributed by atoms with Crippen LogP contribution < -0.4 is 4.90 Å². The molecular formula is C19H26FN3O. The molecule has 130 valence electrons. The Morgan fingerprint density at radius 2 is 1.88 bits per heavy atom. The van der Waals surface area contributed by atoms with Gasteiger partial charge < -0.3 is 9.64 Å². The van der Waals surface area contributed by atoms with E-state index in [4.69, 9.17) is 9.72 Å².